The molecule has 2 aliphatic rings. The van der Waals surface area contributed by atoms with Crippen molar-refractivity contribution in [3.05, 3.63) is 59.7 Å². The molecule has 1 N–H and O–H groups in total. The van der Waals surface area contributed by atoms with Gasteiger partial charge < -0.3 is 19.5 Å². The van der Waals surface area contributed by atoms with Gasteiger partial charge in [-0.15, -0.1) is 10.2 Å². The van der Waals surface area contributed by atoms with Crippen LogP contribution in [-0.4, -0.2) is 71.7 Å². The maximum atomic E-state index is 11.1. The predicted molar refractivity (Wildman–Crippen MR) is 164 cm³/mol. The van der Waals surface area contributed by atoms with Gasteiger partial charge in [-0.2, -0.15) is 0 Å². The number of rotatable bonds is 13. The number of hydrogen-bond donors (Lipinski definition) is 1. The van der Waals surface area contributed by atoms with E-state index in [1.165, 1.54) is 87.8 Å². The highest BCUT2D eigenvalue weighted by atomic mass is 32.1. The topological polar surface area (TPSA) is 84.8 Å². The van der Waals surface area contributed by atoms with Gasteiger partial charge in [-0.25, -0.2) is 4.79 Å². The van der Waals surface area contributed by atoms with Crippen molar-refractivity contribution in [2.45, 2.75) is 82.3 Å². The third-order valence-electron chi connectivity index (χ3n) is 8.72. The van der Waals surface area contributed by atoms with Crippen LogP contribution in [0.25, 0.3) is 21.1 Å². The fourth-order valence-electron chi connectivity index (χ4n) is 6.24. The Morgan fingerprint density at radius 1 is 0.829 bits per heavy atom. The molecule has 1 aromatic heterocycles. The van der Waals surface area contributed by atoms with Crippen LogP contribution in [0, 0.1) is 0 Å². The molecule has 8 heteroatoms. The summed E-state index contributed by atoms with van der Waals surface area (Å²) in [5.74, 6) is -0.314. The quantitative estimate of drug-likeness (QED) is 0.214. The number of piperidine rings is 1. The highest BCUT2D eigenvalue weighted by Crippen LogP contribution is 2.35. The van der Waals surface area contributed by atoms with Crippen molar-refractivity contribution in [2.75, 3.05) is 33.4 Å². The Kier molecular flexibility index (Phi) is 10.9. The molecule has 0 spiro atoms. The minimum Gasteiger partial charge on any atom is -0.478 e. The molecule has 7 nitrogen and oxygen atoms in total. The highest BCUT2D eigenvalue weighted by molar-refractivity contribution is 7.17. The normalized spacial score (nSPS) is 20.3. The average Bonchev–Trinajstić information content (AvgIpc) is 3.52. The Balaban J connectivity index is 1.04. The van der Waals surface area contributed by atoms with Gasteiger partial charge in [0.2, 0.25) is 0 Å². The number of carboxylic acid groups (broad SMARTS) is 1. The standard InChI is InChI=1S/C33H43N3O4S/c1-39-22-4-2-3-5-23-40-30-16-14-29(15-17-30)36-20-18-25(19-21-36)24-6-8-26(9-7-24)31-34-35-32(41-31)27-10-12-28(13-11-27)33(37)38/h6-13,25,29-30H,2-5,14-23H2,1H3,(H,37,38). The number of benzene rings is 2. The summed E-state index contributed by atoms with van der Waals surface area (Å²) in [4.78, 5) is 13.8. The van der Waals surface area contributed by atoms with Crippen molar-refractivity contribution in [1.29, 1.82) is 0 Å². The molecule has 41 heavy (non-hydrogen) atoms. The van der Waals surface area contributed by atoms with Gasteiger partial charge in [0.05, 0.1) is 11.7 Å². The van der Waals surface area contributed by atoms with Crippen LogP contribution in [0.1, 0.15) is 86.0 Å². The number of likely N-dealkylation sites (tertiary alicyclic amines) is 1. The van der Waals surface area contributed by atoms with E-state index in [1.807, 2.05) is 0 Å². The second-order valence-electron chi connectivity index (χ2n) is 11.4. The Morgan fingerprint density at radius 2 is 1.41 bits per heavy atom. The lowest BCUT2D eigenvalue weighted by Gasteiger charge is -2.41. The molecule has 0 bridgehead atoms. The van der Waals surface area contributed by atoms with Gasteiger partial charge in [-0.05, 0) is 88.1 Å². The summed E-state index contributed by atoms with van der Waals surface area (Å²) in [6, 6.07) is 16.4. The number of aromatic nitrogens is 2. The summed E-state index contributed by atoms with van der Waals surface area (Å²) < 4.78 is 11.3. The lowest BCUT2D eigenvalue weighted by Crippen LogP contribution is -2.43. The molecule has 1 saturated carbocycles. The second-order valence-corrected chi connectivity index (χ2v) is 12.4. The van der Waals surface area contributed by atoms with E-state index in [0.29, 0.717) is 12.0 Å². The first-order chi connectivity index (χ1) is 20.1. The van der Waals surface area contributed by atoms with E-state index < -0.39 is 5.97 Å². The van der Waals surface area contributed by atoms with E-state index in [9.17, 15) is 4.79 Å². The van der Waals surface area contributed by atoms with Gasteiger partial charge in [0.25, 0.3) is 0 Å². The van der Waals surface area contributed by atoms with Gasteiger partial charge in [0.1, 0.15) is 10.0 Å². The molecule has 0 radical (unpaired) electrons. The number of methoxy groups -OCH3 is 1. The highest BCUT2D eigenvalue weighted by Gasteiger charge is 2.29. The smallest absolute Gasteiger partial charge is 0.335 e. The van der Waals surface area contributed by atoms with Crippen LogP contribution in [0.5, 0.6) is 0 Å². The zero-order chi connectivity index (χ0) is 28.4. The van der Waals surface area contributed by atoms with Gasteiger partial charge >= 0.3 is 5.97 Å². The molecule has 0 unspecified atom stereocenters. The number of carboxylic acids is 1. The van der Waals surface area contributed by atoms with E-state index in [0.717, 1.165) is 46.8 Å². The van der Waals surface area contributed by atoms with E-state index in [4.69, 9.17) is 14.6 Å². The summed E-state index contributed by atoms with van der Waals surface area (Å²) in [5.41, 5.74) is 3.64. The monoisotopic (exact) mass is 577 g/mol. The van der Waals surface area contributed by atoms with Gasteiger partial charge in [0.15, 0.2) is 0 Å². The molecule has 1 saturated heterocycles. The molecular formula is C33H43N3O4S. The third-order valence-corrected chi connectivity index (χ3v) is 9.74. The zero-order valence-electron chi connectivity index (χ0n) is 24.2. The van der Waals surface area contributed by atoms with Crippen LogP contribution in [0.15, 0.2) is 48.5 Å². The number of aromatic carboxylic acids is 1. The van der Waals surface area contributed by atoms with Crippen LogP contribution < -0.4 is 0 Å². The maximum Gasteiger partial charge on any atom is 0.335 e. The molecule has 3 aromatic rings. The Bertz CT molecular complexity index is 1210. The van der Waals surface area contributed by atoms with E-state index >= 15 is 0 Å². The summed E-state index contributed by atoms with van der Waals surface area (Å²) in [5, 5.41) is 19.5. The first kappa shape index (κ1) is 29.8. The number of nitrogens with zero attached hydrogens (tertiary/aromatic N) is 3. The maximum absolute atomic E-state index is 11.1. The summed E-state index contributed by atoms with van der Waals surface area (Å²) in [7, 11) is 1.77. The largest absolute Gasteiger partial charge is 0.478 e. The van der Waals surface area contributed by atoms with Crippen LogP contribution in [-0.2, 0) is 9.47 Å². The molecule has 0 amide bonds. The Labute approximate surface area is 247 Å². The molecule has 2 heterocycles. The summed E-state index contributed by atoms with van der Waals surface area (Å²) in [6.07, 6.45) is 12.7. The number of ether oxygens (including phenoxy) is 2. The van der Waals surface area contributed by atoms with Crippen LogP contribution in [0.2, 0.25) is 0 Å². The van der Waals surface area contributed by atoms with Crippen molar-refractivity contribution in [2.24, 2.45) is 0 Å². The van der Waals surface area contributed by atoms with Crippen molar-refractivity contribution >= 4 is 17.3 Å². The molecular weight excluding hydrogens is 534 g/mol. The predicted octanol–water partition coefficient (Wildman–Crippen LogP) is 7.28. The molecule has 1 aliphatic carbocycles. The van der Waals surface area contributed by atoms with Gasteiger partial charge in [0, 0.05) is 37.5 Å². The molecule has 0 atom stereocenters. The average molecular weight is 578 g/mol. The molecule has 5 rings (SSSR count). The van der Waals surface area contributed by atoms with Crippen molar-refractivity contribution in [3.8, 4) is 21.1 Å². The van der Waals surface area contributed by atoms with Crippen LogP contribution >= 0.6 is 11.3 Å². The zero-order valence-corrected chi connectivity index (χ0v) is 25.0. The molecule has 2 aromatic carbocycles. The fraction of sp³-hybridized carbons (Fsp3) is 0.545. The van der Waals surface area contributed by atoms with E-state index in [1.54, 1.807) is 31.4 Å². The van der Waals surface area contributed by atoms with E-state index in [2.05, 4.69) is 39.4 Å². The van der Waals surface area contributed by atoms with Gasteiger partial charge in [-0.1, -0.05) is 60.6 Å². The minimum atomic E-state index is -0.927. The van der Waals surface area contributed by atoms with E-state index in [-0.39, 0.29) is 5.56 Å². The van der Waals surface area contributed by atoms with Crippen molar-refractivity contribution < 1.29 is 19.4 Å². The van der Waals surface area contributed by atoms with Gasteiger partial charge in [-0.3, -0.25) is 0 Å². The fourth-order valence-corrected chi connectivity index (χ4v) is 7.09. The second kappa shape index (κ2) is 15.0. The Morgan fingerprint density at radius 3 is 2.00 bits per heavy atom. The number of carbonyl (C=O) groups is 1. The lowest BCUT2D eigenvalue weighted by molar-refractivity contribution is 0.00195. The first-order valence-electron chi connectivity index (χ1n) is 15.2. The summed E-state index contributed by atoms with van der Waals surface area (Å²) >= 11 is 1.53. The third kappa shape index (κ3) is 8.22. The van der Waals surface area contributed by atoms with Crippen LogP contribution in [0.3, 0.4) is 0 Å². The molecule has 1 aliphatic heterocycles. The minimum absolute atomic E-state index is 0.271. The SMILES string of the molecule is COCCCCCCOC1CCC(N2CCC(c3ccc(-c4nnc(-c5ccc(C(=O)O)cc5)s4)cc3)CC2)CC1. The Hall–Kier alpha value is -2.65. The van der Waals surface area contributed by atoms with Crippen molar-refractivity contribution in [1.82, 2.24) is 15.1 Å². The number of unbranched alkanes of at least 4 members (excludes halogenated alkanes) is 3. The summed E-state index contributed by atoms with van der Waals surface area (Å²) in [6.45, 7) is 4.15. The lowest BCUT2D eigenvalue weighted by atomic mass is 9.86. The molecule has 2 fully saturated rings. The molecule has 220 valence electrons. The van der Waals surface area contributed by atoms with Crippen LogP contribution in [0.4, 0.5) is 0 Å². The van der Waals surface area contributed by atoms with Crippen molar-refractivity contribution in [3.63, 3.8) is 0 Å². The first-order valence-corrected chi connectivity index (χ1v) is 16.0. The number of hydrogen-bond acceptors (Lipinski definition) is 7.